The van der Waals surface area contributed by atoms with Crippen molar-refractivity contribution in [2.45, 2.75) is 6.92 Å². The normalized spacial score (nSPS) is 12.1. The first kappa shape index (κ1) is 13.5. The Bertz CT molecular complexity index is 435. The fourth-order valence-corrected chi connectivity index (χ4v) is 1.96. The van der Waals surface area contributed by atoms with E-state index in [1.165, 1.54) is 6.07 Å². The molecule has 0 radical (unpaired) electrons. The molecule has 1 aromatic rings. The molecule has 0 amide bonds. The molecule has 0 heterocycles. The summed E-state index contributed by atoms with van der Waals surface area (Å²) in [5.74, 6) is 0.0819. The standard InChI is InChI=1S/C11H16N2O3S/c1-2-17(16)6-5-13-10-7-8(12)3-4-9(10)11(14)15/h3-4,7,13H,2,5-6,12H2,1H3,(H,14,15). The number of carboxylic acid groups (broad SMARTS) is 1. The molecular weight excluding hydrogens is 240 g/mol. The summed E-state index contributed by atoms with van der Waals surface area (Å²) >= 11 is 0. The van der Waals surface area contributed by atoms with Crippen molar-refractivity contribution < 1.29 is 14.1 Å². The third-order valence-electron chi connectivity index (χ3n) is 2.24. The van der Waals surface area contributed by atoms with Crippen LogP contribution in [0.4, 0.5) is 11.4 Å². The van der Waals surface area contributed by atoms with Crippen LogP contribution in [0.2, 0.25) is 0 Å². The zero-order valence-corrected chi connectivity index (χ0v) is 10.4. The van der Waals surface area contributed by atoms with Crippen LogP contribution in [0, 0.1) is 0 Å². The van der Waals surface area contributed by atoms with E-state index >= 15 is 0 Å². The predicted molar refractivity (Wildman–Crippen MR) is 69.9 cm³/mol. The van der Waals surface area contributed by atoms with Gasteiger partial charge in [-0.2, -0.15) is 0 Å². The summed E-state index contributed by atoms with van der Waals surface area (Å²) in [4.78, 5) is 10.9. The molecule has 0 saturated heterocycles. The van der Waals surface area contributed by atoms with E-state index in [0.29, 0.717) is 29.4 Å². The van der Waals surface area contributed by atoms with E-state index in [-0.39, 0.29) is 5.56 Å². The summed E-state index contributed by atoms with van der Waals surface area (Å²) in [5.41, 5.74) is 6.72. The number of nitrogens with one attached hydrogen (secondary N) is 1. The molecule has 94 valence electrons. The smallest absolute Gasteiger partial charge is 0.337 e. The van der Waals surface area contributed by atoms with Gasteiger partial charge >= 0.3 is 5.97 Å². The second-order valence-corrected chi connectivity index (χ2v) is 5.33. The topological polar surface area (TPSA) is 92.4 Å². The molecule has 6 heteroatoms. The Balaban J connectivity index is 2.72. The van der Waals surface area contributed by atoms with Crippen molar-refractivity contribution in [2.75, 3.05) is 29.1 Å². The highest BCUT2D eigenvalue weighted by Crippen LogP contribution is 2.18. The number of anilines is 2. The average molecular weight is 256 g/mol. The van der Waals surface area contributed by atoms with Crippen molar-refractivity contribution >= 4 is 28.1 Å². The van der Waals surface area contributed by atoms with Gasteiger partial charge in [0.2, 0.25) is 0 Å². The van der Waals surface area contributed by atoms with Gasteiger partial charge in [0.05, 0.1) is 11.3 Å². The Labute approximate surface area is 102 Å². The van der Waals surface area contributed by atoms with Crippen LogP contribution in [0.3, 0.4) is 0 Å². The Morgan fingerprint density at radius 3 is 2.82 bits per heavy atom. The molecule has 0 aliphatic carbocycles. The van der Waals surface area contributed by atoms with E-state index in [2.05, 4.69) is 5.32 Å². The summed E-state index contributed by atoms with van der Waals surface area (Å²) in [5, 5.41) is 11.9. The lowest BCUT2D eigenvalue weighted by Crippen LogP contribution is -2.14. The number of aromatic carboxylic acids is 1. The third kappa shape index (κ3) is 4.07. The van der Waals surface area contributed by atoms with Gasteiger partial charge in [-0.1, -0.05) is 6.92 Å². The largest absolute Gasteiger partial charge is 0.478 e. The fourth-order valence-electron chi connectivity index (χ4n) is 1.34. The maximum atomic E-state index is 11.2. The molecule has 0 saturated carbocycles. The molecule has 1 unspecified atom stereocenters. The third-order valence-corrected chi connectivity index (χ3v) is 3.54. The highest BCUT2D eigenvalue weighted by atomic mass is 32.2. The molecule has 0 aromatic heterocycles. The monoisotopic (exact) mass is 256 g/mol. The van der Waals surface area contributed by atoms with Crippen molar-refractivity contribution in [1.82, 2.24) is 0 Å². The van der Waals surface area contributed by atoms with E-state index in [9.17, 15) is 9.00 Å². The highest BCUT2D eigenvalue weighted by Gasteiger charge is 2.09. The van der Waals surface area contributed by atoms with Gasteiger partial charge < -0.3 is 16.2 Å². The van der Waals surface area contributed by atoms with Crippen LogP contribution in [-0.2, 0) is 10.8 Å². The first-order chi connectivity index (χ1) is 8.04. The average Bonchev–Trinajstić information content (AvgIpc) is 2.28. The van der Waals surface area contributed by atoms with Gasteiger partial charge in [0.1, 0.15) is 0 Å². The van der Waals surface area contributed by atoms with Gasteiger partial charge in [-0.05, 0) is 18.2 Å². The van der Waals surface area contributed by atoms with Gasteiger partial charge in [0.25, 0.3) is 0 Å². The lowest BCUT2D eigenvalue weighted by atomic mass is 10.1. The van der Waals surface area contributed by atoms with Crippen LogP contribution in [-0.4, -0.2) is 33.3 Å². The Hall–Kier alpha value is -1.56. The Morgan fingerprint density at radius 2 is 2.24 bits per heavy atom. The molecule has 17 heavy (non-hydrogen) atoms. The van der Waals surface area contributed by atoms with E-state index in [4.69, 9.17) is 10.8 Å². The van der Waals surface area contributed by atoms with Crippen molar-refractivity contribution in [2.24, 2.45) is 0 Å². The first-order valence-electron chi connectivity index (χ1n) is 5.26. The van der Waals surface area contributed by atoms with E-state index < -0.39 is 16.8 Å². The number of carbonyl (C=O) groups is 1. The maximum absolute atomic E-state index is 11.2. The molecule has 5 nitrogen and oxygen atoms in total. The van der Waals surface area contributed by atoms with Crippen molar-refractivity contribution in [3.8, 4) is 0 Å². The van der Waals surface area contributed by atoms with Crippen LogP contribution >= 0.6 is 0 Å². The number of carboxylic acids is 1. The molecule has 1 aromatic carbocycles. The van der Waals surface area contributed by atoms with Crippen LogP contribution in [0.25, 0.3) is 0 Å². The number of hydrogen-bond acceptors (Lipinski definition) is 4. The minimum Gasteiger partial charge on any atom is -0.478 e. The predicted octanol–water partition coefficient (Wildman–Crippen LogP) is 1.15. The molecule has 0 fully saturated rings. The molecule has 0 spiro atoms. The van der Waals surface area contributed by atoms with E-state index in [1.807, 2.05) is 6.92 Å². The number of nitrogens with two attached hydrogens (primary N) is 1. The summed E-state index contributed by atoms with van der Waals surface area (Å²) in [6.07, 6.45) is 0. The van der Waals surface area contributed by atoms with Gasteiger partial charge in [0, 0.05) is 34.5 Å². The zero-order chi connectivity index (χ0) is 12.8. The molecule has 0 aliphatic rings. The molecule has 0 aliphatic heterocycles. The lowest BCUT2D eigenvalue weighted by Gasteiger charge is -2.09. The zero-order valence-electron chi connectivity index (χ0n) is 9.60. The Kier molecular flexibility index (Phi) is 4.96. The van der Waals surface area contributed by atoms with Crippen LogP contribution < -0.4 is 11.1 Å². The number of rotatable bonds is 6. The highest BCUT2D eigenvalue weighted by molar-refractivity contribution is 7.84. The van der Waals surface area contributed by atoms with Gasteiger partial charge in [-0.3, -0.25) is 4.21 Å². The van der Waals surface area contributed by atoms with Crippen molar-refractivity contribution in [3.05, 3.63) is 23.8 Å². The maximum Gasteiger partial charge on any atom is 0.337 e. The lowest BCUT2D eigenvalue weighted by molar-refractivity contribution is 0.0698. The van der Waals surface area contributed by atoms with Crippen LogP contribution in [0.5, 0.6) is 0 Å². The number of benzene rings is 1. The van der Waals surface area contributed by atoms with Gasteiger partial charge in [-0.15, -0.1) is 0 Å². The van der Waals surface area contributed by atoms with Gasteiger partial charge in [0.15, 0.2) is 0 Å². The molecular formula is C11H16N2O3S. The van der Waals surface area contributed by atoms with Gasteiger partial charge in [-0.25, -0.2) is 4.79 Å². The van der Waals surface area contributed by atoms with Crippen molar-refractivity contribution in [3.63, 3.8) is 0 Å². The van der Waals surface area contributed by atoms with Crippen LogP contribution in [0.15, 0.2) is 18.2 Å². The molecule has 1 atom stereocenters. The fraction of sp³-hybridized carbons (Fsp3) is 0.364. The molecule has 4 N–H and O–H groups in total. The molecule has 1 rings (SSSR count). The summed E-state index contributed by atoms with van der Waals surface area (Å²) in [7, 11) is -0.864. The van der Waals surface area contributed by atoms with E-state index in [0.717, 1.165) is 0 Å². The van der Waals surface area contributed by atoms with Crippen LogP contribution in [0.1, 0.15) is 17.3 Å². The number of hydrogen-bond donors (Lipinski definition) is 3. The summed E-state index contributed by atoms with van der Waals surface area (Å²) in [6.45, 7) is 2.31. The quantitative estimate of drug-likeness (QED) is 0.664. The second kappa shape index (κ2) is 6.24. The summed E-state index contributed by atoms with van der Waals surface area (Å²) in [6, 6.07) is 4.56. The Morgan fingerprint density at radius 1 is 1.53 bits per heavy atom. The minimum absolute atomic E-state index is 0.168. The van der Waals surface area contributed by atoms with E-state index in [1.54, 1.807) is 12.1 Å². The molecule has 0 bridgehead atoms. The second-order valence-electron chi connectivity index (χ2n) is 3.47. The SMILES string of the molecule is CCS(=O)CCNc1cc(N)ccc1C(=O)O. The number of nitrogen functional groups attached to an aromatic ring is 1. The minimum atomic E-state index is -1.01. The first-order valence-corrected chi connectivity index (χ1v) is 6.75. The summed E-state index contributed by atoms with van der Waals surface area (Å²) < 4.78 is 11.2. The van der Waals surface area contributed by atoms with Crippen molar-refractivity contribution in [1.29, 1.82) is 0 Å².